The van der Waals surface area contributed by atoms with Gasteiger partial charge in [0.25, 0.3) is 0 Å². The molecule has 2 rings (SSSR count). The highest BCUT2D eigenvalue weighted by Gasteiger charge is 2.15. The van der Waals surface area contributed by atoms with Gasteiger partial charge in [0.2, 0.25) is 0 Å². The third-order valence-corrected chi connectivity index (χ3v) is 5.02. The van der Waals surface area contributed by atoms with Crippen molar-refractivity contribution in [2.45, 2.75) is 33.1 Å². The van der Waals surface area contributed by atoms with E-state index < -0.39 is 0 Å². The van der Waals surface area contributed by atoms with Crippen LogP contribution in [-0.2, 0) is 5.41 Å². The molecule has 0 spiro atoms. The zero-order valence-electron chi connectivity index (χ0n) is 9.52. The number of hydrogen-bond donors (Lipinski definition) is 0. The average Bonchev–Trinajstić information content (AvgIpc) is 2.41. The lowest BCUT2D eigenvalue weighted by Gasteiger charge is -2.18. The van der Waals surface area contributed by atoms with Crippen molar-refractivity contribution in [1.29, 1.82) is 0 Å². The Balaban J connectivity index is 2.70. The minimum absolute atomic E-state index is 0.226. The van der Waals surface area contributed by atoms with Crippen LogP contribution in [0.1, 0.15) is 31.2 Å². The standard InChI is InChI=1S/C13H15BrS/c1-8-12(14)10-7-9(13(2,3)4)5-6-11(10)15-8/h5-7H,1-4H3. The van der Waals surface area contributed by atoms with Gasteiger partial charge in [0, 0.05) is 19.4 Å². The molecule has 0 saturated carbocycles. The van der Waals surface area contributed by atoms with E-state index in [0.29, 0.717) is 0 Å². The van der Waals surface area contributed by atoms with Crippen LogP contribution in [0.15, 0.2) is 22.7 Å². The maximum atomic E-state index is 3.66. The fraction of sp³-hybridized carbons (Fsp3) is 0.385. The molecule has 0 amide bonds. The van der Waals surface area contributed by atoms with Gasteiger partial charge in [0.15, 0.2) is 0 Å². The molecule has 1 aromatic carbocycles. The van der Waals surface area contributed by atoms with Crippen molar-refractivity contribution in [2.24, 2.45) is 0 Å². The molecule has 1 heterocycles. The van der Waals surface area contributed by atoms with Gasteiger partial charge < -0.3 is 0 Å². The number of hydrogen-bond acceptors (Lipinski definition) is 1. The highest BCUT2D eigenvalue weighted by molar-refractivity contribution is 9.10. The molecule has 2 heteroatoms. The molecule has 0 nitrogen and oxygen atoms in total. The predicted octanol–water partition coefficient (Wildman–Crippen LogP) is 5.27. The van der Waals surface area contributed by atoms with E-state index in [4.69, 9.17) is 0 Å². The van der Waals surface area contributed by atoms with Crippen LogP contribution in [0.2, 0.25) is 0 Å². The maximum absolute atomic E-state index is 3.66. The van der Waals surface area contributed by atoms with Gasteiger partial charge in [-0.05, 0) is 46.0 Å². The number of aryl methyl sites for hydroxylation is 1. The van der Waals surface area contributed by atoms with Crippen molar-refractivity contribution in [2.75, 3.05) is 0 Å². The maximum Gasteiger partial charge on any atom is 0.0390 e. The van der Waals surface area contributed by atoms with E-state index in [0.717, 1.165) is 0 Å². The van der Waals surface area contributed by atoms with E-state index >= 15 is 0 Å². The van der Waals surface area contributed by atoms with Crippen LogP contribution in [0, 0.1) is 6.92 Å². The van der Waals surface area contributed by atoms with Crippen molar-refractivity contribution >= 4 is 37.4 Å². The van der Waals surface area contributed by atoms with Gasteiger partial charge in [-0.3, -0.25) is 0 Å². The summed E-state index contributed by atoms with van der Waals surface area (Å²) in [5.74, 6) is 0. The molecule has 0 unspecified atom stereocenters. The molecule has 1 aromatic heterocycles. The first-order valence-corrected chi connectivity index (χ1v) is 6.69. The second kappa shape index (κ2) is 3.60. The Morgan fingerprint density at radius 2 is 1.87 bits per heavy atom. The lowest BCUT2D eigenvalue weighted by molar-refractivity contribution is 0.591. The van der Waals surface area contributed by atoms with E-state index in [9.17, 15) is 0 Å². The normalized spacial score (nSPS) is 12.3. The van der Waals surface area contributed by atoms with Gasteiger partial charge in [-0.15, -0.1) is 11.3 Å². The third kappa shape index (κ3) is 1.98. The molecule has 0 bridgehead atoms. The molecule has 0 aliphatic rings. The van der Waals surface area contributed by atoms with Gasteiger partial charge in [-0.25, -0.2) is 0 Å². The van der Waals surface area contributed by atoms with E-state index in [1.54, 1.807) is 0 Å². The SMILES string of the molecule is Cc1sc2ccc(C(C)(C)C)cc2c1Br. The van der Waals surface area contributed by atoms with Crippen LogP contribution in [0.4, 0.5) is 0 Å². The zero-order chi connectivity index (χ0) is 11.2. The topological polar surface area (TPSA) is 0 Å². The summed E-state index contributed by atoms with van der Waals surface area (Å²) in [5.41, 5.74) is 1.62. The van der Waals surface area contributed by atoms with E-state index in [2.05, 4.69) is 61.8 Å². The fourth-order valence-electron chi connectivity index (χ4n) is 1.66. The third-order valence-electron chi connectivity index (χ3n) is 2.65. The van der Waals surface area contributed by atoms with Gasteiger partial charge in [0.05, 0.1) is 0 Å². The summed E-state index contributed by atoms with van der Waals surface area (Å²) in [5, 5.41) is 1.35. The molecule has 0 fully saturated rings. The van der Waals surface area contributed by atoms with E-state index in [1.165, 1.54) is 25.0 Å². The highest BCUT2D eigenvalue weighted by Crippen LogP contribution is 2.37. The monoisotopic (exact) mass is 282 g/mol. The Kier molecular flexibility index (Phi) is 2.68. The Morgan fingerprint density at radius 3 is 2.47 bits per heavy atom. The summed E-state index contributed by atoms with van der Waals surface area (Å²) in [6.07, 6.45) is 0. The second-order valence-electron chi connectivity index (χ2n) is 4.93. The first-order valence-electron chi connectivity index (χ1n) is 5.09. The number of thiophene rings is 1. The molecule has 0 saturated heterocycles. The minimum Gasteiger partial charge on any atom is -0.139 e. The van der Waals surface area contributed by atoms with Crippen molar-refractivity contribution in [1.82, 2.24) is 0 Å². The number of fused-ring (bicyclic) bond motifs is 1. The van der Waals surface area contributed by atoms with Gasteiger partial charge in [0.1, 0.15) is 0 Å². The van der Waals surface area contributed by atoms with Crippen molar-refractivity contribution in [3.63, 3.8) is 0 Å². The molecule has 0 aliphatic heterocycles. The Morgan fingerprint density at radius 1 is 1.20 bits per heavy atom. The summed E-state index contributed by atoms with van der Waals surface area (Å²) in [6, 6.07) is 6.78. The molecule has 0 atom stereocenters. The van der Waals surface area contributed by atoms with Crippen molar-refractivity contribution in [3.8, 4) is 0 Å². The Hall–Kier alpha value is -0.340. The number of rotatable bonds is 0. The summed E-state index contributed by atoms with van der Waals surface area (Å²) in [4.78, 5) is 1.36. The summed E-state index contributed by atoms with van der Waals surface area (Å²) < 4.78 is 2.63. The lowest BCUT2D eigenvalue weighted by atomic mass is 9.87. The first-order chi connectivity index (χ1) is 6.89. The number of benzene rings is 1. The van der Waals surface area contributed by atoms with Crippen molar-refractivity contribution in [3.05, 3.63) is 33.1 Å². The fourth-order valence-corrected chi connectivity index (χ4v) is 3.29. The molecule has 0 radical (unpaired) electrons. The van der Waals surface area contributed by atoms with E-state index in [1.807, 2.05) is 11.3 Å². The van der Waals surface area contributed by atoms with Gasteiger partial charge in [-0.1, -0.05) is 26.8 Å². The summed E-state index contributed by atoms with van der Waals surface area (Å²) in [6.45, 7) is 8.91. The van der Waals surface area contributed by atoms with Gasteiger partial charge >= 0.3 is 0 Å². The quantitative estimate of drug-likeness (QED) is 0.618. The summed E-state index contributed by atoms with van der Waals surface area (Å²) >= 11 is 5.51. The van der Waals surface area contributed by atoms with Crippen LogP contribution >= 0.6 is 27.3 Å². The average molecular weight is 283 g/mol. The van der Waals surface area contributed by atoms with Crippen molar-refractivity contribution < 1.29 is 0 Å². The molecule has 80 valence electrons. The largest absolute Gasteiger partial charge is 0.139 e. The van der Waals surface area contributed by atoms with Crippen LogP contribution in [0.25, 0.3) is 10.1 Å². The molecular weight excluding hydrogens is 268 g/mol. The molecule has 2 aromatic rings. The Labute approximate surface area is 103 Å². The van der Waals surface area contributed by atoms with Crippen LogP contribution in [-0.4, -0.2) is 0 Å². The van der Waals surface area contributed by atoms with Crippen LogP contribution < -0.4 is 0 Å². The Bertz CT molecular complexity index is 503. The van der Waals surface area contributed by atoms with E-state index in [-0.39, 0.29) is 5.41 Å². The molecule has 0 aliphatic carbocycles. The minimum atomic E-state index is 0.226. The first kappa shape index (κ1) is 11.2. The summed E-state index contributed by atoms with van der Waals surface area (Å²) in [7, 11) is 0. The van der Waals surface area contributed by atoms with Crippen LogP contribution in [0.5, 0.6) is 0 Å². The highest BCUT2D eigenvalue weighted by atomic mass is 79.9. The lowest BCUT2D eigenvalue weighted by Crippen LogP contribution is -2.10. The molecule has 15 heavy (non-hydrogen) atoms. The van der Waals surface area contributed by atoms with Crippen LogP contribution in [0.3, 0.4) is 0 Å². The predicted molar refractivity (Wildman–Crippen MR) is 73.0 cm³/mol. The molecule has 0 N–H and O–H groups in total. The number of halogens is 1. The molecular formula is C13H15BrS. The second-order valence-corrected chi connectivity index (χ2v) is 6.98. The smallest absolute Gasteiger partial charge is 0.0390 e. The zero-order valence-corrected chi connectivity index (χ0v) is 11.9. The van der Waals surface area contributed by atoms with Gasteiger partial charge in [-0.2, -0.15) is 0 Å².